The Morgan fingerprint density at radius 1 is 1.47 bits per heavy atom. The Kier molecular flexibility index (Phi) is 3.42. The minimum absolute atomic E-state index is 0.708. The topological polar surface area (TPSA) is 24.9 Å². The molecule has 1 fully saturated rings. The first-order valence-electron chi connectivity index (χ1n) is 5.83. The first-order valence-corrected chi connectivity index (χ1v) is 6.64. The normalized spacial score (nSPS) is 18.1. The zero-order valence-corrected chi connectivity index (χ0v) is 10.7. The molecular formula is C12H20N2S. The molecular weight excluding hydrogens is 204 g/mol. The van der Waals surface area contributed by atoms with Gasteiger partial charge < -0.3 is 5.32 Å². The summed E-state index contributed by atoms with van der Waals surface area (Å²) in [6.45, 7) is 7.60. The van der Waals surface area contributed by atoms with Gasteiger partial charge in [-0.1, -0.05) is 0 Å². The van der Waals surface area contributed by atoms with Crippen LogP contribution in [0, 0.1) is 19.8 Å². The molecule has 1 aromatic rings. The van der Waals surface area contributed by atoms with Gasteiger partial charge in [0, 0.05) is 17.5 Å². The maximum atomic E-state index is 4.45. The third-order valence-electron chi connectivity index (χ3n) is 3.15. The molecule has 1 N–H and O–H groups in total. The second kappa shape index (κ2) is 4.62. The van der Waals surface area contributed by atoms with E-state index in [0.29, 0.717) is 6.04 Å². The van der Waals surface area contributed by atoms with Crippen LogP contribution in [-0.2, 0) is 6.42 Å². The number of aryl methyl sites for hydroxylation is 2. The van der Waals surface area contributed by atoms with Crippen molar-refractivity contribution in [3.8, 4) is 0 Å². The molecule has 1 unspecified atom stereocenters. The summed E-state index contributed by atoms with van der Waals surface area (Å²) in [7, 11) is 0. The minimum Gasteiger partial charge on any atom is -0.314 e. The molecule has 1 aliphatic rings. The van der Waals surface area contributed by atoms with Gasteiger partial charge in [-0.3, -0.25) is 0 Å². The van der Waals surface area contributed by atoms with Crippen LogP contribution in [0.25, 0.3) is 0 Å². The smallest absolute Gasteiger partial charge is 0.0900 e. The summed E-state index contributed by atoms with van der Waals surface area (Å²) in [5.41, 5.74) is 1.22. The third kappa shape index (κ3) is 3.02. The summed E-state index contributed by atoms with van der Waals surface area (Å²) in [6, 6.07) is 0.708. The molecule has 1 saturated carbocycles. The van der Waals surface area contributed by atoms with E-state index in [0.717, 1.165) is 18.9 Å². The number of thiazole rings is 1. The summed E-state index contributed by atoms with van der Waals surface area (Å²) in [5.74, 6) is 0.953. The van der Waals surface area contributed by atoms with Crippen molar-refractivity contribution in [2.24, 2.45) is 5.92 Å². The third-order valence-corrected chi connectivity index (χ3v) is 4.28. The average molecular weight is 224 g/mol. The van der Waals surface area contributed by atoms with Crippen molar-refractivity contribution in [2.45, 2.75) is 46.1 Å². The molecule has 0 amide bonds. The van der Waals surface area contributed by atoms with Crippen LogP contribution in [0.4, 0.5) is 0 Å². The Bertz CT molecular complexity index is 328. The number of rotatable bonds is 5. The molecule has 0 spiro atoms. The van der Waals surface area contributed by atoms with Crippen LogP contribution in [-0.4, -0.2) is 17.6 Å². The Hall–Kier alpha value is -0.410. The lowest BCUT2D eigenvalue weighted by atomic mass is 10.2. The van der Waals surface area contributed by atoms with E-state index in [-0.39, 0.29) is 0 Å². The molecule has 0 saturated heterocycles. The van der Waals surface area contributed by atoms with E-state index in [2.05, 4.69) is 31.1 Å². The zero-order valence-electron chi connectivity index (χ0n) is 9.84. The SMILES string of the molecule is Cc1nc(C)c(CCNC(C)C2CC2)s1. The van der Waals surface area contributed by atoms with Crippen molar-refractivity contribution in [1.29, 1.82) is 0 Å². The number of nitrogens with one attached hydrogen (secondary N) is 1. The van der Waals surface area contributed by atoms with Crippen LogP contribution in [0.5, 0.6) is 0 Å². The molecule has 1 atom stereocenters. The van der Waals surface area contributed by atoms with Crippen LogP contribution in [0.1, 0.15) is 35.3 Å². The maximum Gasteiger partial charge on any atom is 0.0900 e. The summed E-state index contributed by atoms with van der Waals surface area (Å²) >= 11 is 1.84. The van der Waals surface area contributed by atoms with Crippen LogP contribution >= 0.6 is 11.3 Å². The van der Waals surface area contributed by atoms with E-state index in [1.54, 1.807) is 0 Å². The highest BCUT2D eigenvalue weighted by atomic mass is 32.1. The van der Waals surface area contributed by atoms with Gasteiger partial charge in [-0.05, 0) is 46.0 Å². The average Bonchev–Trinajstić information content (AvgIpc) is 2.94. The molecule has 0 aromatic carbocycles. The summed E-state index contributed by atoms with van der Waals surface area (Å²) < 4.78 is 0. The van der Waals surface area contributed by atoms with Crippen molar-refractivity contribution in [2.75, 3.05) is 6.54 Å². The number of aromatic nitrogens is 1. The van der Waals surface area contributed by atoms with Crippen LogP contribution in [0.15, 0.2) is 0 Å². The molecule has 3 heteroatoms. The van der Waals surface area contributed by atoms with Crippen molar-refractivity contribution < 1.29 is 0 Å². The first-order chi connectivity index (χ1) is 7.16. The van der Waals surface area contributed by atoms with E-state index < -0.39 is 0 Å². The molecule has 2 nitrogen and oxygen atoms in total. The molecule has 15 heavy (non-hydrogen) atoms. The van der Waals surface area contributed by atoms with E-state index >= 15 is 0 Å². The van der Waals surface area contributed by atoms with Gasteiger partial charge in [0.05, 0.1) is 10.7 Å². The minimum atomic E-state index is 0.708. The van der Waals surface area contributed by atoms with Crippen molar-refractivity contribution in [3.05, 3.63) is 15.6 Å². The largest absolute Gasteiger partial charge is 0.314 e. The van der Waals surface area contributed by atoms with Gasteiger partial charge in [-0.25, -0.2) is 4.98 Å². The molecule has 0 aliphatic heterocycles. The van der Waals surface area contributed by atoms with E-state index in [1.807, 2.05) is 11.3 Å². The van der Waals surface area contributed by atoms with E-state index in [9.17, 15) is 0 Å². The number of hydrogen-bond donors (Lipinski definition) is 1. The van der Waals surface area contributed by atoms with Crippen molar-refractivity contribution in [1.82, 2.24) is 10.3 Å². The fraction of sp³-hybridized carbons (Fsp3) is 0.750. The number of hydrogen-bond acceptors (Lipinski definition) is 3. The molecule has 0 radical (unpaired) electrons. The van der Waals surface area contributed by atoms with Crippen LogP contribution in [0.3, 0.4) is 0 Å². The molecule has 1 heterocycles. The van der Waals surface area contributed by atoms with E-state index in [4.69, 9.17) is 0 Å². The maximum absolute atomic E-state index is 4.45. The standard InChI is InChI=1S/C12H20N2S/c1-8(11-4-5-11)13-7-6-12-9(2)14-10(3)15-12/h8,11,13H,4-7H2,1-3H3. The lowest BCUT2D eigenvalue weighted by Gasteiger charge is -2.11. The van der Waals surface area contributed by atoms with Crippen molar-refractivity contribution >= 4 is 11.3 Å². The van der Waals surface area contributed by atoms with Gasteiger partial charge in [0.1, 0.15) is 0 Å². The molecule has 1 aliphatic carbocycles. The fourth-order valence-electron chi connectivity index (χ4n) is 1.98. The highest BCUT2D eigenvalue weighted by Gasteiger charge is 2.27. The molecule has 84 valence electrons. The zero-order chi connectivity index (χ0) is 10.8. The predicted molar refractivity (Wildman–Crippen MR) is 65.5 cm³/mol. The molecule has 1 aromatic heterocycles. The Morgan fingerprint density at radius 3 is 2.73 bits per heavy atom. The Labute approximate surface area is 96.1 Å². The second-order valence-corrected chi connectivity index (χ2v) is 5.86. The van der Waals surface area contributed by atoms with Gasteiger partial charge in [-0.15, -0.1) is 11.3 Å². The predicted octanol–water partition coefficient (Wildman–Crippen LogP) is 2.69. The summed E-state index contributed by atoms with van der Waals surface area (Å²) in [5, 5.41) is 4.80. The van der Waals surface area contributed by atoms with Crippen LogP contribution < -0.4 is 5.32 Å². The Balaban J connectivity index is 1.75. The fourth-order valence-corrected chi connectivity index (χ4v) is 2.92. The summed E-state index contributed by atoms with van der Waals surface area (Å²) in [6.07, 6.45) is 3.98. The van der Waals surface area contributed by atoms with Gasteiger partial charge in [0.2, 0.25) is 0 Å². The number of nitrogens with zero attached hydrogens (tertiary/aromatic N) is 1. The monoisotopic (exact) mass is 224 g/mol. The van der Waals surface area contributed by atoms with E-state index in [1.165, 1.54) is 28.4 Å². The highest BCUT2D eigenvalue weighted by Crippen LogP contribution is 2.32. The lowest BCUT2D eigenvalue weighted by Crippen LogP contribution is -2.29. The van der Waals surface area contributed by atoms with Crippen molar-refractivity contribution in [3.63, 3.8) is 0 Å². The lowest BCUT2D eigenvalue weighted by molar-refractivity contribution is 0.500. The molecule has 0 bridgehead atoms. The van der Waals surface area contributed by atoms with Gasteiger partial charge in [-0.2, -0.15) is 0 Å². The highest BCUT2D eigenvalue weighted by molar-refractivity contribution is 7.11. The first kappa shape index (κ1) is 11.1. The summed E-state index contributed by atoms with van der Waals surface area (Å²) in [4.78, 5) is 5.89. The van der Waals surface area contributed by atoms with Gasteiger partial charge in [0.25, 0.3) is 0 Å². The second-order valence-electron chi connectivity index (χ2n) is 4.57. The van der Waals surface area contributed by atoms with Crippen LogP contribution in [0.2, 0.25) is 0 Å². The quantitative estimate of drug-likeness (QED) is 0.832. The Morgan fingerprint density at radius 2 is 2.20 bits per heavy atom. The van der Waals surface area contributed by atoms with Gasteiger partial charge >= 0.3 is 0 Å². The molecule has 2 rings (SSSR count). The van der Waals surface area contributed by atoms with Gasteiger partial charge in [0.15, 0.2) is 0 Å².